The van der Waals surface area contributed by atoms with Crippen LogP contribution in [-0.2, 0) is 4.79 Å². The van der Waals surface area contributed by atoms with E-state index in [0.29, 0.717) is 12.0 Å². The molecular weight excluding hydrogens is 238 g/mol. The Morgan fingerprint density at radius 3 is 2.42 bits per heavy atom. The molecule has 1 N–H and O–H groups in total. The van der Waals surface area contributed by atoms with E-state index in [2.05, 4.69) is 12.2 Å². The minimum atomic E-state index is -0.350. The first-order valence-electron chi connectivity index (χ1n) is 6.90. The number of Topliss-reactive ketones (excluding diaryl/α,β-unsaturated/α-hetero) is 1. The van der Waals surface area contributed by atoms with Crippen molar-refractivity contribution in [2.75, 3.05) is 0 Å². The predicted molar refractivity (Wildman–Crippen MR) is 75.4 cm³/mol. The van der Waals surface area contributed by atoms with Crippen LogP contribution in [0.25, 0.3) is 0 Å². The highest BCUT2D eigenvalue weighted by Gasteiger charge is 2.24. The minimum Gasteiger partial charge on any atom is -0.346 e. The standard InChI is InChI=1S/C16H21NO2/c1-10-8-13(9-11(2)12(10)3)16(19)14-6-4-5-7-15(18)17-14/h8-9,14H,4-7H2,1-3H3,(H,17,18). The first-order chi connectivity index (χ1) is 8.99. The van der Waals surface area contributed by atoms with Crippen LogP contribution < -0.4 is 5.32 Å². The number of carbonyl (C=O) groups excluding carboxylic acids is 2. The van der Waals surface area contributed by atoms with E-state index in [1.54, 1.807) is 0 Å². The minimum absolute atomic E-state index is 0.00333. The molecule has 1 aliphatic heterocycles. The summed E-state index contributed by atoms with van der Waals surface area (Å²) in [7, 11) is 0. The summed E-state index contributed by atoms with van der Waals surface area (Å²) in [6.07, 6.45) is 3.09. The van der Waals surface area contributed by atoms with Crippen molar-refractivity contribution in [3.63, 3.8) is 0 Å². The van der Waals surface area contributed by atoms with Crippen molar-refractivity contribution in [2.24, 2.45) is 0 Å². The first kappa shape index (κ1) is 13.8. The van der Waals surface area contributed by atoms with Crippen molar-refractivity contribution in [1.82, 2.24) is 5.32 Å². The Hall–Kier alpha value is -1.64. The maximum atomic E-state index is 12.5. The summed E-state index contributed by atoms with van der Waals surface area (Å²) in [6, 6.07) is 3.51. The van der Waals surface area contributed by atoms with Gasteiger partial charge in [-0.15, -0.1) is 0 Å². The van der Waals surface area contributed by atoms with E-state index in [0.717, 1.165) is 30.4 Å². The van der Waals surface area contributed by atoms with E-state index in [1.165, 1.54) is 5.56 Å². The maximum Gasteiger partial charge on any atom is 0.220 e. The third kappa shape index (κ3) is 3.03. The molecule has 0 bridgehead atoms. The highest BCUT2D eigenvalue weighted by atomic mass is 16.2. The number of carbonyl (C=O) groups is 2. The molecule has 1 aromatic carbocycles. The van der Waals surface area contributed by atoms with Gasteiger partial charge in [0.05, 0.1) is 6.04 Å². The lowest BCUT2D eigenvalue weighted by atomic mass is 9.94. The molecule has 1 aromatic rings. The Morgan fingerprint density at radius 1 is 1.16 bits per heavy atom. The van der Waals surface area contributed by atoms with Gasteiger partial charge in [0.15, 0.2) is 5.78 Å². The summed E-state index contributed by atoms with van der Waals surface area (Å²) in [5, 5.41) is 2.84. The molecule has 0 radical (unpaired) electrons. The third-order valence-electron chi connectivity index (χ3n) is 4.01. The fourth-order valence-corrected chi connectivity index (χ4v) is 2.55. The van der Waals surface area contributed by atoms with Crippen molar-refractivity contribution >= 4 is 11.7 Å². The molecule has 0 aliphatic carbocycles. The van der Waals surface area contributed by atoms with Gasteiger partial charge in [0.25, 0.3) is 0 Å². The molecule has 19 heavy (non-hydrogen) atoms. The van der Waals surface area contributed by atoms with Crippen LogP contribution in [0, 0.1) is 20.8 Å². The van der Waals surface area contributed by atoms with Crippen LogP contribution in [0.5, 0.6) is 0 Å². The van der Waals surface area contributed by atoms with Crippen molar-refractivity contribution in [1.29, 1.82) is 0 Å². The summed E-state index contributed by atoms with van der Waals surface area (Å²) in [4.78, 5) is 24.1. The number of benzene rings is 1. The van der Waals surface area contributed by atoms with Gasteiger partial charge >= 0.3 is 0 Å². The van der Waals surface area contributed by atoms with Gasteiger partial charge in [-0.1, -0.05) is 6.42 Å². The predicted octanol–water partition coefficient (Wildman–Crippen LogP) is 2.85. The zero-order valence-electron chi connectivity index (χ0n) is 11.9. The second-order valence-electron chi connectivity index (χ2n) is 5.47. The highest BCUT2D eigenvalue weighted by molar-refractivity contribution is 6.02. The first-order valence-corrected chi connectivity index (χ1v) is 6.90. The molecule has 1 saturated heterocycles. The van der Waals surface area contributed by atoms with Crippen molar-refractivity contribution in [2.45, 2.75) is 52.5 Å². The summed E-state index contributed by atoms with van der Waals surface area (Å²) in [5.74, 6) is 0.0397. The average Bonchev–Trinajstić information content (AvgIpc) is 2.59. The van der Waals surface area contributed by atoms with Crippen LogP contribution in [0.3, 0.4) is 0 Å². The van der Waals surface area contributed by atoms with Crippen LogP contribution in [0.4, 0.5) is 0 Å². The van der Waals surface area contributed by atoms with Crippen molar-refractivity contribution in [3.05, 3.63) is 34.4 Å². The van der Waals surface area contributed by atoms with Crippen LogP contribution in [0.15, 0.2) is 12.1 Å². The SMILES string of the molecule is Cc1cc(C(=O)C2CCCCC(=O)N2)cc(C)c1C. The number of rotatable bonds is 2. The smallest absolute Gasteiger partial charge is 0.220 e. The van der Waals surface area contributed by atoms with Crippen molar-refractivity contribution in [3.8, 4) is 0 Å². The third-order valence-corrected chi connectivity index (χ3v) is 4.01. The van der Waals surface area contributed by atoms with Gasteiger partial charge in [-0.05, 0) is 62.4 Å². The lowest BCUT2D eigenvalue weighted by Gasteiger charge is -2.16. The number of ketones is 1. The summed E-state index contributed by atoms with van der Waals surface area (Å²) < 4.78 is 0. The molecule has 0 spiro atoms. The molecular formula is C16H21NO2. The zero-order chi connectivity index (χ0) is 14.0. The highest BCUT2D eigenvalue weighted by Crippen LogP contribution is 2.19. The van der Waals surface area contributed by atoms with Gasteiger partial charge in [-0.25, -0.2) is 0 Å². The Morgan fingerprint density at radius 2 is 1.79 bits per heavy atom. The van der Waals surface area contributed by atoms with Crippen molar-refractivity contribution < 1.29 is 9.59 Å². The molecule has 1 atom stereocenters. The molecule has 0 aromatic heterocycles. The molecule has 1 amide bonds. The summed E-state index contributed by atoms with van der Waals surface area (Å²) >= 11 is 0. The zero-order valence-corrected chi connectivity index (χ0v) is 11.9. The number of aryl methyl sites for hydroxylation is 2. The molecule has 3 nitrogen and oxygen atoms in total. The molecule has 1 aliphatic rings. The van der Waals surface area contributed by atoms with Gasteiger partial charge in [0.2, 0.25) is 5.91 Å². The number of hydrogen-bond donors (Lipinski definition) is 1. The Bertz CT molecular complexity index is 496. The topological polar surface area (TPSA) is 46.2 Å². The second kappa shape index (κ2) is 5.55. The van der Waals surface area contributed by atoms with E-state index in [-0.39, 0.29) is 17.7 Å². The van der Waals surface area contributed by atoms with Gasteiger partial charge in [0, 0.05) is 12.0 Å². The molecule has 0 saturated carbocycles. The largest absolute Gasteiger partial charge is 0.346 e. The van der Waals surface area contributed by atoms with Gasteiger partial charge in [0.1, 0.15) is 0 Å². The fourth-order valence-electron chi connectivity index (χ4n) is 2.55. The molecule has 2 rings (SSSR count). The van der Waals surface area contributed by atoms with Gasteiger partial charge in [-0.2, -0.15) is 0 Å². The summed E-state index contributed by atoms with van der Waals surface area (Å²) in [5.41, 5.74) is 4.20. The van der Waals surface area contributed by atoms with Gasteiger partial charge < -0.3 is 5.32 Å². The van der Waals surface area contributed by atoms with E-state index < -0.39 is 0 Å². The lowest BCUT2D eigenvalue weighted by Crippen LogP contribution is -2.39. The van der Waals surface area contributed by atoms with E-state index in [1.807, 2.05) is 26.0 Å². The molecule has 1 fully saturated rings. The van der Waals surface area contributed by atoms with E-state index >= 15 is 0 Å². The fraction of sp³-hybridized carbons (Fsp3) is 0.500. The monoisotopic (exact) mass is 259 g/mol. The van der Waals surface area contributed by atoms with Crippen LogP contribution in [-0.4, -0.2) is 17.7 Å². The lowest BCUT2D eigenvalue weighted by molar-refractivity contribution is -0.121. The molecule has 1 unspecified atom stereocenters. The maximum absolute atomic E-state index is 12.5. The van der Waals surface area contributed by atoms with E-state index in [9.17, 15) is 9.59 Å². The van der Waals surface area contributed by atoms with Gasteiger partial charge in [-0.3, -0.25) is 9.59 Å². The molecule has 102 valence electrons. The quantitative estimate of drug-likeness (QED) is 0.830. The number of hydrogen-bond acceptors (Lipinski definition) is 2. The normalized spacial score (nSPS) is 19.7. The number of nitrogens with one attached hydrogen (secondary N) is 1. The van der Waals surface area contributed by atoms with Crippen LogP contribution in [0.2, 0.25) is 0 Å². The molecule has 1 heterocycles. The van der Waals surface area contributed by atoms with Crippen LogP contribution >= 0.6 is 0 Å². The Labute approximate surface area is 114 Å². The van der Waals surface area contributed by atoms with Crippen LogP contribution in [0.1, 0.15) is 52.7 Å². The summed E-state index contributed by atoms with van der Waals surface area (Å²) in [6.45, 7) is 6.10. The Balaban J connectivity index is 2.25. The van der Waals surface area contributed by atoms with E-state index in [4.69, 9.17) is 0 Å². The molecule has 3 heteroatoms. The number of amides is 1. The second-order valence-corrected chi connectivity index (χ2v) is 5.47. The Kier molecular flexibility index (Phi) is 4.03. The average molecular weight is 259 g/mol.